The van der Waals surface area contributed by atoms with Crippen molar-refractivity contribution in [2.24, 2.45) is 5.92 Å². The molecule has 0 amide bonds. The zero-order chi connectivity index (χ0) is 21.1. The van der Waals surface area contributed by atoms with Crippen molar-refractivity contribution in [1.29, 1.82) is 0 Å². The van der Waals surface area contributed by atoms with E-state index >= 15 is 0 Å². The molecular formula is C26H25NO3. The van der Waals surface area contributed by atoms with Crippen LogP contribution in [0.2, 0.25) is 0 Å². The lowest BCUT2D eigenvalue weighted by molar-refractivity contribution is -0.130. The summed E-state index contributed by atoms with van der Waals surface area (Å²) < 4.78 is 1.70. The molecule has 0 radical (unpaired) electrons. The van der Waals surface area contributed by atoms with Crippen LogP contribution in [-0.2, 0) is 17.8 Å². The van der Waals surface area contributed by atoms with Crippen molar-refractivity contribution >= 4 is 11.5 Å². The molecule has 152 valence electrons. The molecule has 4 rings (SSSR count). The SMILES string of the molecule is CC1C=C(C(=O)O)c2ccccc2C1CCc1ccc(Cn2ccccc2=O)cc1. The van der Waals surface area contributed by atoms with Crippen molar-refractivity contribution < 1.29 is 9.90 Å². The van der Waals surface area contributed by atoms with Crippen molar-refractivity contribution in [1.82, 2.24) is 4.57 Å². The van der Waals surface area contributed by atoms with E-state index in [1.54, 1.807) is 22.9 Å². The summed E-state index contributed by atoms with van der Waals surface area (Å²) in [6.07, 6.45) is 5.58. The van der Waals surface area contributed by atoms with Crippen molar-refractivity contribution in [2.45, 2.75) is 32.2 Å². The summed E-state index contributed by atoms with van der Waals surface area (Å²) in [7, 11) is 0. The van der Waals surface area contributed by atoms with Gasteiger partial charge < -0.3 is 9.67 Å². The lowest BCUT2D eigenvalue weighted by Gasteiger charge is -2.29. The Morgan fingerprint density at radius 1 is 0.967 bits per heavy atom. The molecular weight excluding hydrogens is 374 g/mol. The number of rotatable bonds is 6. The van der Waals surface area contributed by atoms with Crippen molar-refractivity contribution in [3.63, 3.8) is 0 Å². The number of fused-ring (bicyclic) bond motifs is 1. The van der Waals surface area contributed by atoms with Gasteiger partial charge in [0.1, 0.15) is 0 Å². The highest BCUT2D eigenvalue weighted by Gasteiger charge is 2.29. The topological polar surface area (TPSA) is 59.3 Å². The third-order valence-electron chi connectivity index (χ3n) is 5.96. The number of carboxylic acids is 1. The molecule has 1 aliphatic rings. The third-order valence-corrected chi connectivity index (χ3v) is 5.96. The van der Waals surface area contributed by atoms with E-state index in [1.807, 2.05) is 30.3 Å². The predicted molar refractivity (Wildman–Crippen MR) is 119 cm³/mol. The number of aliphatic carboxylic acids is 1. The molecule has 30 heavy (non-hydrogen) atoms. The van der Waals surface area contributed by atoms with Gasteiger partial charge in [0.15, 0.2) is 0 Å². The summed E-state index contributed by atoms with van der Waals surface area (Å²) in [5.41, 5.74) is 4.73. The van der Waals surface area contributed by atoms with E-state index in [1.165, 1.54) is 5.56 Å². The average Bonchev–Trinajstić information content (AvgIpc) is 2.75. The molecule has 0 fully saturated rings. The highest BCUT2D eigenvalue weighted by Crippen LogP contribution is 2.40. The van der Waals surface area contributed by atoms with Crippen LogP contribution in [-0.4, -0.2) is 15.6 Å². The van der Waals surface area contributed by atoms with E-state index in [0.29, 0.717) is 18.0 Å². The monoisotopic (exact) mass is 399 g/mol. The van der Waals surface area contributed by atoms with Gasteiger partial charge in [-0.2, -0.15) is 0 Å². The Labute approximate surface area is 176 Å². The largest absolute Gasteiger partial charge is 0.478 e. The van der Waals surface area contributed by atoms with Gasteiger partial charge in [-0.05, 0) is 53.0 Å². The smallest absolute Gasteiger partial charge is 0.335 e. The van der Waals surface area contributed by atoms with Gasteiger partial charge in [-0.15, -0.1) is 0 Å². The van der Waals surface area contributed by atoms with Gasteiger partial charge in [0, 0.05) is 12.3 Å². The molecule has 2 unspecified atom stereocenters. The Morgan fingerprint density at radius 2 is 1.67 bits per heavy atom. The maximum atomic E-state index is 11.9. The van der Waals surface area contributed by atoms with Crippen LogP contribution >= 0.6 is 0 Å². The molecule has 1 aliphatic carbocycles. The lowest BCUT2D eigenvalue weighted by atomic mass is 9.74. The van der Waals surface area contributed by atoms with Crippen LogP contribution in [0.15, 0.2) is 83.8 Å². The summed E-state index contributed by atoms with van der Waals surface area (Å²) >= 11 is 0. The van der Waals surface area contributed by atoms with Crippen molar-refractivity contribution in [3.8, 4) is 0 Å². The summed E-state index contributed by atoms with van der Waals surface area (Å²) in [5.74, 6) is -0.386. The van der Waals surface area contributed by atoms with Gasteiger partial charge in [-0.1, -0.05) is 67.6 Å². The van der Waals surface area contributed by atoms with E-state index in [-0.39, 0.29) is 11.5 Å². The second-order valence-electron chi connectivity index (χ2n) is 7.96. The van der Waals surface area contributed by atoms with Gasteiger partial charge >= 0.3 is 5.97 Å². The Balaban J connectivity index is 1.47. The number of carbonyl (C=O) groups is 1. The minimum atomic E-state index is -0.860. The highest BCUT2D eigenvalue weighted by atomic mass is 16.4. The lowest BCUT2D eigenvalue weighted by Crippen LogP contribution is -2.19. The number of pyridine rings is 1. The number of aromatic nitrogens is 1. The number of benzene rings is 2. The number of nitrogens with zero attached hydrogens (tertiary/aromatic N) is 1. The number of carboxylic acid groups (broad SMARTS) is 1. The number of aryl methyl sites for hydroxylation is 1. The maximum Gasteiger partial charge on any atom is 0.335 e. The first kappa shape index (κ1) is 19.9. The Hall–Kier alpha value is -3.40. The minimum Gasteiger partial charge on any atom is -0.478 e. The normalized spacial score (nSPS) is 17.8. The fourth-order valence-electron chi connectivity index (χ4n) is 4.34. The van der Waals surface area contributed by atoms with E-state index in [4.69, 9.17) is 0 Å². The number of hydrogen-bond acceptors (Lipinski definition) is 2. The second-order valence-corrected chi connectivity index (χ2v) is 7.96. The quantitative estimate of drug-likeness (QED) is 0.652. The third kappa shape index (κ3) is 4.13. The standard InChI is InChI=1S/C26H25NO3/c1-18-16-24(26(29)30)23-7-3-2-6-22(23)21(18)14-13-19-9-11-20(12-10-19)17-27-15-5-4-8-25(27)28/h2-12,15-16,18,21H,13-14,17H2,1H3,(H,29,30). The number of hydrogen-bond donors (Lipinski definition) is 1. The maximum absolute atomic E-state index is 11.9. The predicted octanol–water partition coefficient (Wildman–Crippen LogP) is 4.73. The van der Waals surface area contributed by atoms with Gasteiger partial charge in [0.05, 0.1) is 12.1 Å². The van der Waals surface area contributed by atoms with Crippen LogP contribution in [0.1, 0.15) is 41.5 Å². The van der Waals surface area contributed by atoms with Crippen LogP contribution in [0.25, 0.3) is 5.57 Å². The molecule has 1 N–H and O–H groups in total. The fourth-order valence-corrected chi connectivity index (χ4v) is 4.34. The molecule has 4 nitrogen and oxygen atoms in total. The summed E-state index contributed by atoms with van der Waals surface area (Å²) in [4.78, 5) is 23.5. The molecule has 3 aromatic rings. The molecule has 1 aromatic heterocycles. The van der Waals surface area contributed by atoms with Crippen LogP contribution < -0.4 is 5.56 Å². The van der Waals surface area contributed by atoms with Gasteiger partial charge in [-0.25, -0.2) is 4.79 Å². The van der Waals surface area contributed by atoms with E-state index in [2.05, 4.69) is 37.3 Å². The Kier molecular flexibility index (Phi) is 5.66. The number of allylic oxidation sites excluding steroid dienone is 1. The molecule has 4 heteroatoms. The Morgan fingerprint density at radius 3 is 2.40 bits per heavy atom. The van der Waals surface area contributed by atoms with Crippen molar-refractivity contribution in [2.75, 3.05) is 0 Å². The molecule has 1 heterocycles. The van der Waals surface area contributed by atoms with E-state index in [0.717, 1.165) is 29.5 Å². The van der Waals surface area contributed by atoms with Crippen LogP contribution in [0.4, 0.5) is 0 Å². The fraction of sp³-hybridized carbons (Fsp3) is 0.231. The highest BCUT2D eigenvalue weighted by molar-refractivity contribution is 6.16. The molecule has 0 aliphatic heterocycles. The van der Waals surface area contributed by atoms with E-state index < -0.39 is 5.97 Å². The van der Waals surface area contributed by atoms with E-state index in [9.17, 15) is 14.7 Å². The van der Waals surface area contributed by atoms with Gasteiger partial charge in [0.2, 0.25) is 0 Å². The Bertz CT molecular complexity index is 1140. The molecule has 0 spiro atoms. The first-order chi connectivity index (χ1) is 14.5. The summed E-state index contributed by atoms with van der Waals surface area (Å²) in [6, 6.07) is 21.5. The molecule has 0 saturated carbocycles. The molecule has 0 saturated heterocycles. The average molecular weight is 399 g/mol. The van der Waals surface area contributed by atoms with Crippen LogP contribution in [0.3, 0.4) is 0 Å². The first-order valence-corrected chi connectivity index (χ1v) is 10.3. The van der Waals surface area contributed by atoms with Gasteiger partial charge in [0.25, 0.3) is 5.56 Å². The zero-order valence-corrected chi connectivity index (χ0v) is 17.0. The van der Waals surface area contributed by atoms with Gasteiger partial charge in [-0.3, -0.25) is 4.79 Å². The molecule has 0 bridgehead atoms. The van der Waals surface area contributed by atoms with Crippen LogP contribution in [0, 0.1) is 5.92 Å². The molecule has 2 atom stereocenters. The molecule has 2 aromatic carbocycles. The first-order valence-electron chi connectivity index (χ1n) is 10.3. The van der Waals surface area contributed by atoms with Crippen LogP contribution in [0.5, 0.6) is 0 Å². The van der Waals surface area contributed by atoms with Crippen molar-refractivity contribution in [3.05, 3.63) is 112 Å². The minimum absolute atomic E-state index is 0.000290. The zero-order valence-electron chi connectivity index (χ0n) is 17.0. The summed E-state index contributed by atoms with van der Waals surface area (Å²) in [6.45, 7) is 2.67. The summed E-state index contributed by atoms with van der Waals surface area (Å²) in [5, 5.41) is 9.56. The second kappa shape index (κ2) is 8.54.